The van der Waals surface area contributed by atoms with Crippen LogP contribution < -0.4 is 4.74 Å². The summed E-state index contributed by atoms with van der Waals surface area (Å²) in [5.41, 5.74) is -0.857. The Hall–Kier alpha value is -2.37. The van der Waals surface area contributed by atoms with Gasteiger partial charge in [-0.2, -0.15) is 0 Å². The number of carbonyl (C=O) groups excluding carboxylic acids is 1. The number of ether oxygens (including phenoxy) is 3. The zero-order valence-electron chi connectivity index (χ0n) is 20.3. The van der Waals surface area contributed by atoms with E-state index in [1.165, 1.54) is 42.9 Å². The lowest BCUT2D eigenvalue weighted by molar-refractivity contribution is -0.149. The summed E-state index contributed by atoms with van der Waals surface area (Å²) in [7, 11) is 0. The molecule has 2 aromatic rings. The van der Waals surface area contributed by atoms with Gasteiger partial charge < -0.3 is 19.3 Å². The molecule has 2 aromatic carbocycles. The molecule has 5 heteroatoms. The van der Waals surface area contributed by atoms with Crippen molar-refractivity contribution in [3.8, 4) is 5.75 Å². The van der Waals surface area contributed by atoms with E-state index in [4.69, 9.17) is 14.2 Å². The second-order valence-electron chi connectivity index (χ2n) is 9.09. The molecule has 0 fully saturated rings. The molecular formula is C28H40O5. The van der Waals surface area contributed by atoms with Crippen molar-refractivity contribution in [2.45, 2.75) is 70.8 Å². The molecule has 5 nitrogen and oxygen atoms in total. The normalized spacial score (nSPS) is 12.9. The average Bonchev–Trinajstić information content (AvgIpc) is 2.80. The predicted octanol–water partition coefficient (Wildman–Crippen LogP) is 6.23. The van der Waals surface area contributed by atoms with E-state index in [1.54, 1.807) is 13.8 Å². The lowest BCUT2D eigenvalue weighted by Gasteiger charge is -2.22. The highest BCUT2D eigenvalue weighted by Gasteiger charge is 2.23. The third kappa shape index (κ3) is 11.4. The second kappa shape index (κ2) is 14.7. The molecule has 1 N–H and O–H groups in total. The highest BCUT2D eigenvalue weighted by atomic mass is 16.6. The molecule has 0 aliphatic rings. The molecule has 33 heavy (non-hydrogen) atoms. The maximum Gasteiger partial charge on any atom is 0.333 e. The first-order valence-corrected chi connectivity index (χ1v) is 12.1. The highest BCUT2D eigenvalue weighted by molar-refractivity contribution is 5.87. The largest absolute Gasteiger partial charge is 0.494 e. The van der Waals surface area contributed by atoms with Gasteiger partial charge in [-0.15, -0.1) is 0 Å². The Labute approximate surface area is 198 Å². The Morgan fingerprint density at radius 3 is 2.15 bits per heavy atom. The van der Waals surface area contributed by atoms with Crippen molar-refractivity contribution < 1.29 is 24.1 Å². The van der Waals surface area contributed by atoms with Crippen molar-refractivity contribution in [1.82, 2.24) is 0 Å². The molecule has 0 aliphatic heterocycles. The summed E-state index contributed by atoms with van der Waals surface area (Å²) in [5.74, 6) is 0.457. The van der Waals surface area contributed by atoms with E-state index >= 15 is 0 Å². The van der Waals surface area contributed by atoms with E-state index in [9.17, 15) is 9.90 Å². The SMILES string of the molecule is C=C(C)C(=O)OCC(C)(O)COCCCCCCCCCCOc1ccc2ccccc2c1. The van der Waals surface area contributed by atoms with Crippen LogP contribution in [0.1, 0.15) is 65.2 Å². The molecule has 0 saturated heterocycles. The summed E-state index contributed by atoms with van der Waals surface area (Å²) in [6.07, 6.45) is 9.30. The van der Waals surface area contributed by atoms with E-state index in [1.807, 2.05) is 6.07 Å². The fourth-order valence-corrected chi connectivity index (χ4v) is 3.49. The minimum absolute atomic E-state index is 0.0913. The number of rotatable bonds is 17. The number of unbranched alkanes of at least 4 members (excludes halogenated alkanes) is 7. The van der Waals surface area contributed by atoms with Crippen LogP contribution >= 0.6 is 0 Å². The number of hydrogen-bond donors (Lipinski definition) is 1. The number of esters is 1. The van der Waals surface area contributed by atoms with Crippen molar-refractivity contribution in [2.24, 2.45) is 0 Å². The summed E-state index contributed by atoms with van der Waals surface area (Å²) in [5, 5.41) is 12.6. The summed E-state index contributed by atoms with van der Waals surface area (Å²) in [6.45, 7) is 8.14. The van der Waals surface area contributed by atoms with Gasteiger partial charge in [-0.1, -0.05) is 75.4 Å². The van der Waals surface area contributed by atoms with Crippen molar-refractivity contribution in [2.75, 3.05) is 26.4 Å². The zero-order chi connectivity index (χ0) is 23.9. The molecule has 0 bridgehead atoms. The number of hydrogen-bond acceptors (Lipinski definition) is 5. The topological polar surface area (TPSA) is 65.0 Å². The minimum atomic E-state index is -1.18. The maximum atomic E-state index is 11.4. The van der Waals surface area contributed by atoms with Crippen LogP contribution in [0.3, 0.4) is 0 Å². The van der Waals surface area contributed by atoms with Crippen molar-refractivity contribution in [1.29, 1.82) is 0 Å². The number of fused-ring (bicyclic) bond motifs is 1. The van der Waals surface area contributed by atoms with Gasteiger partial charge in [-0.3, -0.25) is 0 Å². The smallest absolute Gasteiger partial charge is 0.333 e. The Bertz CT molecular complexity index is 858. The average molecular weight is 457 g/mol. The van der Waals surface area contributed by atoms with Crippen molar-refractivity contribution >= 4 is 16.7 Å². The van der Waals surface area contributed by atoms with Crippen LogP contribution in [-0.4, -0.2) is 43.1 Å². The van der Waals surface area contributed by atoms with Crippen LogP contribution in [0.25, 0.3) is 10.8 Å². The molecule has 2 rings (SSSR count). The zero-order valence-corrected chi connectivity index (χ0v) is 20.3. The lowest BCUT2D eigenvalue weighted by Crippen LogP contribution is -2.37. The van der Waals surface area contributed by atoms with Gasteiger partial charge in [0, 0.05) is 12.2 Å². The number of carbonyl (C=O) groups is 1. The third-order valence-electron chi connectivity index (χ3n) is 5.45. The lowest BCUT2D eigenvalue weighted by atomic mass is 10.1. The molecule has 0 spiro atoms. The molecular weight excluding hydrogens is 416 g/mol. The molecule has 0 amide bonds. The second-order valence-corrected chi connectivity index (χ2v) is 9.09. The Morgan fingerprint density at radius 1 is 0.879 bits per heavy atom. The Balaban J connectivity index is 1.39. The standard InChI is InChI=1S/C28H40O5/c1-23(2)27(29)33-22-28(3,30)21-31-18-12-8-6-4-5-7-9-13-19-32-26-17-16-24-14-10-11-15-25(24)20-26/h10-11,14-17,20,30H,1,4-9,12-13,18-19,21-22H2,2-3H3. The van der Waals surface area contributed by atoms with Gasteiger partial charge in [0.15, 0.2) is 0 Å². The van der Waals surface area contributed by atoms with E-state index in [-0.39, 0.29) is 13.2 Å². The van der Waals surface area contributed by atoms with E-state index in [0.29, 0.717) is 12.2 Å². The first-order valence-electron chi connectivity index (χ1n) is 12.1. The third-order valence-corrected chi connectivity index (χ3v) is 5.45. The number of aliphatic hydroxyl groups is 1. The van der Waals surface area contributed by atoms with E-state index < -0.39 is 11.6 Å². The monoisotopic (exact) mass is 456 g/mol. The minimum Gasteiger partial charge on any atom is -0.494 e. The molecule has 0 saturated carbocycles. The van der Waals surface area contributed by atoms with Crippen LogP contribution in [0.15, 0.2) is 54.6 Å². The van der Waals surface area contributed by atoms with Gasteiger partial charge in [0.2, 0.25) is 0 Å². The van der Waals surface area contributed by atoms with Crippen LogP contribution in [0.2, 0.25) is 0 Å². The molecule has 1 atom stereocenters. The molecule has 0 aromatic heterocycles. The molecule has 182 valence electrons. The summed E-state index contributed by atoms with van der Waals surface area (Å²) in [4.78, 5) is 11.4. The first kappa shape index (κ1) is 26.9. The van der Waals surface area contributed by atoms with Gasteiger partial charge in [0.25, 0.3) is 0 Å². The van der Waals surface area contributed by atoms with Gasteiger partial charge in [0.1, 0.15) is 18.0 Å². The van der Waals surface area contributed by atoms with Crippen LogP contribution in [0.5, 0.6) is 5.75 Å². The van der Waals surface area contributed by atoms with Gasteiger partial charge in [-0.25, -0.2) is 4.79 Å². The summed E-state index contributed by atoms with van der Waals surface area (Å²) >= 11 is 0. The fourth-order valence-electron chi connectivity index (χ4n) is 3.49. The summed E-state index contributed by atoms with van der Waals surface area (Å²) in [6, 6.07) is 14.6. The maximum absolute atomic E-state index is 11.4. The van der Waals surface area contributed by atoms with Gasteiger partial charge in [-0.05, 0) is 49.6 Å². The van der Waals surface area contributed by atoms with Crippen molar-refractivity contribution in [3.63, 3.8) is 0 Å². The quantitative estimate of drug-likeness (QED) is 0.174. The van der Waals surface area contributed by atoms with E-state index in [2.05, 4.69) is 43.0 Å². The first-order chi connectivity index (χ1) is 15.9. The van der Waals surface area contributed by atoms with Gasteiger partial charge >= 0.3 is 5.97 Å². The Kier molecular flexibility index (Phi) is 12.0. The number of benzene rings is 2. The highest BCUT2D eigenvalue weighted by Crippen LogP contribution is 2.21. The molecule has 0 aliphatic carbocycles. The molecule has 0 heterocycles. The molecule has 1 unspecified atom stereocenters. The van der Waals surface area contributed by atoms with Crippen LogP contribution in [0.4, 0.5) is 0 Å². The fraction of sp³-hybridized carbons (Fsp3) is 0.536. The van der Waals surface area contributed by atoms with Crippen molar-refractivity contribution in [3.05, 3.63) is 54.6 Å². The molecule has 0 radical (unpaired) electrons. The van der Waals surface area contributed by atoms with Gasteiger partial charge in [0.05, 0.1) is 13.2 Å². The Morgan fingerprint density at radius 2 is 1.48 bits per heavy atom. The van der Waals surface area contributed by atoms with E-state index in [0.717, 1.165) is 31.6 Å². The predicted molar refractivity (Wildman–Crippen MR) is 134 cm³/mol. The summed E-state index contributed by atoms with van der Waals surface area (Å²) < 4.78 is 16.4. The van der Waals surface area contributed by atoms with Crippen LogP contribution in [-0.2, 0) is 14.3 Å². The van der Waals surface area contributed by atoms with Crippen LogP contribution in [0, 0.1) is 0 Å².